The van der Waals surface area contributed by atoms with Crippen molar-refractivity contribution in [2.45, 2.75) is 32.6 Å². The summed E-state index contributed by atoms with van der Waals surface area (Å²) in [6.07, 6.45) is 0. The molecule has 0 saturated carbocycles. The van der Waals surface area contributed by atoms with E-state index in [0.717, 1.165) is 11.4 Å². The van der Waals surface area contributed by atoms with Crippen LogP contribution in [0.25, 0.3) is 0 Å². The zero-order valence-corrected chi connectivity index (χ0v) is 12.6. The van der Waals surface area contributed by atoms with Gasteiger partial charge in [-0.1, -0.05) is 17.7 Å². The van der Waals surface area contributed by atoms with Gasteiger partial charge in [-0.05, 0) is 24.6 Å². The van der Waals surface area contributed by atoms with E-state index >= 15 is 0 Å². The minimum atomic E-state index is -0.910. The Morgan fingerprint density at radius 1 is 1.50 bits per heavy atom. The standard InChI is InChI=1S/C14H14ClFN4O2/c1-8-17-18-13-7-19(12(14(21)22)6-20(8)13)5-9-2-3-11(16)10(15)4-9/h2-4,12H,5-7H2,1H3,(H,21,22). The second-order valence-electron chi connectivity index (χ2n) is 5.28. The van der Waals surface area contributed by atoms with Crippen molar-refractivity contribution in [3.05, 3.63) is 46.3 Å². The second kappa shape index (κ2) is 5.66. The number of carboxylic acids is 1. The van der Waals surface area contributed by atoms with Crippen molar-refractivity contribution in [3.8, 4) is 0 Å². The molecule has 3 rings (SSSR count). The lowest BCUT2D eigenvalue weighted by molar-refractivity contribution is -0.145. The number of aliphatic carboxylic acids is 1. The van der Waals surface area contributed by atoms with E-state index in [9.17, 15) is 14.3 Å². The zero-order chi connectivity index (χ0) is 15.9. The Balaban J connectivity index is 1.87. The molecule has 8 heteroatoms. The van der Waals surface area contributed by atoms with E-state index in [1.807, 2.05) is 4.57 Å². The molecule has 0 saturated heterocycles. The number of carboxylic acid groups (broad SMARTS) is 1. The maximum absolute atomic E-state index is 13.2. The highest BCUT2D eigenvalue weighted by Gasteiger charge is 2.33. The molecule has 1 atom stereocenters. The fourth-order valence-electron chi connectivity index (χ4n) is 2.63. The molecule has 2 aromatic rings. The highest BCUT2D eigenvalue weighted by Crippen LogP contribution is 2.22. The lowest BCUT2D eigenvalue weighted by Gasteiger charge is -2.33. The Kier molecular flexibility index (Phi) is 3.84. The molecule has 22 heavy (non-hydrogen) atoms. The molecule has 1 aromatic heterocycles. The monoisotopic (exact) mass is 324 g/mol. The summed E-state index contributed by atoms with van der Waals surface area (Å²) in [4.78, 5) is 13.3. The fourth-order valence-corrected chi connectivity index (χ4v) is 2.84. The van der Waals surface area contributed by atoms with Crippen molar-refractivity contribution in [3.63, 3.8) is 0 Å². The van der Waals surface area contributed by atoms with Crippen LogP contribution in [-0.4, -0.2) is 36.8 Å². The Hall–Kier alpha value is -1.99. The number of aryl methyl sites for hydroxylation is 1. The highest BCUT2D eigenvalue weighted by molar-refractivity contribution is 6.30. The van der Waals surface area contributed by atoms with Gasteiger partial charge in [-0.2, -0.15) is 0 Å². The number of benzene rings is 1. The summed E-state index contributed by atoms with van der Waals surface area (Å²) in [6.45, 7) is 2.80. The largest absolute Gasteiger partial charge is 0.480 e. The van der Waals surface area contributed by atoms with Crippen molar-refractivity contribution < 1.29 is 14.3 Å². The molecule has 0 aliphatic carbocycles. The first kappa shape index (κ1) is 14.9. The number of fused-ring (bicyclic) bond motifs is 1. The number of aromatic nitrogens is 3. The van der Waals surface area contributed by atoms with Gasteiger partial charge in [0.1, 0.15) is 23.5 Å². The molecule has 116 valence electrons. The first-order chi connectivity index (χ1) is 10.5. The Morgan fingerprint density at radius 3 is 2.95 bits per heavy atom. The van der Waals surface area contributed by atoms with Crippen LogP contribution in [0.4, 0.5) is 4.39 Å². The van der Waals surface area contributed by atoms with E-state index in [-0.39, 0.29) is 5.02 Å². The average Bonchev–Trinajstić information content (AvgIpc) is 2.83. The number of halogens is 2. The summed E-state index contributed by atoms with van der Waals surface area (Å²) in [7, 11) is 0. The number of rotatable bonds is 3. The lowest BCUT2D eigenvalue weighted by Crippen LogP contribution is -2.47. The molecule has 2 heterocycles. The lowest BCUT2D eigenvalue weighted by atomic mass is 10.1. The molecule has 0 radical (unpaired) electrons. The second-order valence-corrected chi connectivity index (χ2v) is 5.69. The molecular weight excluding hydrogens is 311 g/mol. The van der Waals surface area contributed by atoms with Gasteiger partial charge in [-0.3, -0.25) is 9.69 Å². The van der Waals surface area contributed by atoms with Gasteiger partial charge >= 0.3 is 5.97 Å². The topological polar surface area (TPSA) is 71.2 Å². The van der Waals surface area contributed by atoms with Crippen LogP contribution in [0, 0.1) is 12.7 Å². The Bertz CT molecular complexity index is 734. The summed E-state index contributed by atoms with van der Waals surface area (Å²) >= 11 is 5.78. The predicted molar refractivity (Wildman–Crippen MR) is 76.8 cm³/mol. The van der Waals surface area contributed by atoms with Crippen molar-refractivity contribution in [2.24, 2.45) is 0 Å². The minimum Gasteiger partial charge on any atom is -0.480 e. The van der Waals surface area contributed by atoms with Gasteiger partial charge < -0.3 is 9.67 Å². The molecule has 0 bridgehead atoms. The highest BCUT2D eigenvalue weighted by atomic mass is 35.5. The third kappa shape index (κ3) is 2.69. The first-order valence-electron chi connectivity index (χ1n) is 6.75. The van der Waals surface area contributed by atoms with Gasteiger partial charge in [0.05, 0.1) is 18.1 Å². The summed E-state index contributed by atoms with van der Waals surface area (Å²) in [5, 5.41) is 17.5. The number of nitrogens with zero attached hydrogens (tertiary/aromatic N) is 4. The average molecular weight is 325 g/mol. The Labute approximate surface area is 131 Å². The van der Waals surface area contributed by atoms with E-state index in [1.165, 1.54) is 12.1 Å². The van der Waals surface area contributed by atoms with Gasteiger partial charge in [0.2, 0.25) is 0 Å². The molecule has 1 N–H and O–H groups in total. The molecule has 6 nitrogen and oxygen atoms in total. The maximum atomic E-state index is 13.2. The third-order valence-corrected chi connectivity index (χ3v) is 4.10. The van der Waals surface area contributed by atoms with Crippen LogP contribution in [0.1, 0.15) is 17.2 Å². The van der Waals surface area contributed by atoms with Crippen LogP contribution < -0.4 is 0 Å². The smallest absolute Gasteiger partial charge is 0.322 e. The molecule has 1 unspecified atom stereocenters. The van der Waals surface area contributed by atoms with E-state index in [4.69, 9.17) is 11.6 Å². The van der Waals surface area contributed by atoms with Gasteiger partial charge in [-0.15, -0.1) is 10.2 Å². The summed E-state index contributed by atoms with van der Waals surface area (Å²) in [5.74, 6) is 0.0232. The summed E-state index contributed by atoms with van der Waals surface area (Å²) < 4.78 is 15.0. The molecular formula is C14H14ClFN4O2. The van der Waals surface area contributed by atoms with Crippen molar-refractivity contribution in [1.82, 2.24) is 19.7 Å². The number of carbonyl (C=O) groups is 1. The number of hydrogen-bond acceptors (Lipinski definition) is 4. The molecule has 0 amide bonds. The molecule has 1 aliphatic rings. The van der Waals surface area contributed by atoms with Crippen LogP contribution in [0.2, 0.25) is 5.02 Å². The van der Waals surface area contributed by atoms with Crippen molar-refractivity contribution >= 4 is 17.6 Å². The van der Waals surface area contributed by atoms with Crippen LogP contribution in [-0.2, 0) is 24.4 Å². The van der Waals surface area contributed by atoms with Gasteiger partial charge in [0, 0.05) is 6.54 Å². The Morgan fingerprint density at radius 2 is 2.27 bits per heavy atom. The molecule has 0 spiro atoms. The zero-order valence-electron chi connectivity index (χ0n) is 11.8. The summed E-state index contributed by atoms with van der Waals surface area (Å²) in [6, 6.07) is 3.71. The minimum absolute atomic E-state index is 0.0281. The van der Waals surface area contributed by atoms with E-state index in [0.29, 0.717) is 25.5 Å². The quantitative estimate of drug-likeness (QED) is 0.933. The third-order valence-electron chi connectivity index (χ3n) is 3.81. The van der Waals surface area contributed by atoms with E-state index in [1.54, 1.807) is 17.9 Å². The van der Waals surface area contributed by atoms with E-state index in [2.05, 4.69) is 10.2 Å². The van der Waals surface area contributed by atoms with Crippen LogP contribution in [0.15, 0.2) is 18.2 Å². The first-order valence-corrected chi connectivity index (χ1v) is 7.13. The van der Waals surface area contributed by atoms with Crippen LogP contribution >= 0.6 is 11.6 Å². The van der Waals surface area contributed by atoms with Gasteiger partial charge in [0.25, 0.3) is 0 Å². The van der Waals surface area contributed by atoms with Gasteiger partial charge in [-0.25, -0.2) is 4.39 Å². The van der Waals surface area contributed by atoms with Crippen molar-refractivity contribution in [1.29, 1.82) is 0 Å². The molecule has 0 fully saturated rings. The molecule has 1 aromatic carbocycles. The predicted octanol–water partition coefficient (Wildman–Crippen LogP) is 1.85. The van der Waals surface area contributed by atoms with Gasteiger partial charge in [0.15, 0.2) is 0 Å². The summed E-state index contributed by atoms with van der Waals surface area (Å²) in [5.41, 5.74) is 0.752. The fraction of sp³-hybridized carbons (Fsp3) is 0.357. The van der Waals surface area contributed by atoms with Crippen LogP contribution in [0.5, 0.6) is 0 Å². The van der Waals surface area contributed by atoms with Crippen LogP contribution in [0.3, 0.4) is 0 Å². The number of hydrogen-bond donors (Lipinski definition) is 1. The normalized spacial score (nSPS) is 18.2. The SMILES string of the molecule is Cc1nnc2n1CC(C(=O)O)N(Cc1ccc(F)c(Cl)c1)C2. The van der Waals surface area contributed by atoms with E-state index < -0.39 is 17.8 Å². The molecule has 1 aliphatic heterocycles. The van der Waals surface area contributed by atoms with Crippen molar-refractivity contribution in [2.75, 3.05) is 0 Å². The maximum Gasteiger partial charge on any atom is 0.322 e.